The Bertz CT molecular complexity index is 492. The molecular formula is C17H27NO5. The quantitative estimate of drug-likeness (QED) is 0.547. The molecule has 1 aliphatic heterocycles. The van der Waals surface area contributed by atoms with Crippen molar-refractivity contribution in [3.63, 3.8) is 0 Å². The van der Waals surface area contributed by atoms with Gasteiger partial charge in [0, 0.05) is 18.5 Å². The molecule has 0 aromatic heterocycles. The van der Waals surface area contributed by atoms with E-state index in [0.717, 1.165) is 25.7 Å². The molecular weight excluding hydrogens is 298 g/mol. The number of ketones is 1. The summed E-state index contributed by atoms with van der Waals surface area (Å²) in [5.74, 6) is -1.21. The lowest BCUT2D eigenvalue weighted by Gasteiger charge is -2.45. The van der Waals surface area contributed by atoms with E-state index in [-0.39, 0.29) is 11.9 Å². The molecule has 1 saturated carbocycles. The summed E-state index contributed by atoms with van der Waals surface area (Å²) in [7, 11) is 1.31. The van der Waals surface area contributed by atoms with Gasteiger partial charge in [0.25, 0.3) is 0 Å². The van der Waals surface area contributed by atoms with Crippen LogP contribution in [0.3, 0.4) is 0 Å². The van der Waals surface area contributed by atoms with Gasteiger partial charge in [0.05, 0.1) is 7.11 Å². The normalized spacial score (nSPS) is 28.6. The first-order valence-electron chi connectivity index (χ1n) is 8.29. The number of esters is 1. The second-order valence-electron chi connectivity index (χ2n) is 7.62. The zero-order valence-corrected chi connectivity index (χ0v) is 14.5. The van der Waals surface area contributed by atoms with Crippen LogP contribution in [0.5, 0.6) is 0 Å². The number of carbonyl (C=O) groups excluding carboxylic acids is 3. The Morgan fingerprint density at radius 1 is 1.22 bits per heavy atom. The topological polar surface area (TPSA) is 72.9 Å². The predicted molar refractivity (Wildman–Crippen MR) is 83.8 cm³/mol. The third-order valence-corrected chi connectivity index (χ3v) is 4.70. The van der Waals surface area contributed by atoms with Gasteiger partial charge in [-0.05, 0) is 46.5 Å². The number of piperidine rings is 1. The SMILES string of the molecule is COC(=O)C1CCCC2(CCCN(C(=O)OC(C)(C)C)C2)C1=O. The first kappa shape index (κ1) is 17.8. The van der Waals surface area contributed by atoms with Gasteiger partial charge in [-0.15, -0.1) is 0 Å². The molecule has 6 nitrogen and oxygen atoms in total. The molecule has 0 radical (unpaired) electrons. The minimum atomic E-state index is -0.688. The number of methoxy groups -OCH3 is 1. The monoisotopic (exact) mass is 325 g/mol. The van der Waals surface area contributed by atoms with Gasteiger partial charge < -0.3 is 14.4 Å². The van der Waals surface area contributed by atoms with E-state index in [1.807, 2.05) is 20.8 Å². The molecule has 2 aliphatic rings. The minimum Gasteiger partial charge on any atom is -0.468 e. The van der Waals surface area contributed by atoms with E-state index in [4.69, 9.17) is 9.47 Å². The molecule has 2 atom stereocenters. The van der Waals surface area contributed by atoms with Gasteiger partial charge in [-0.1, -0.05) is 6.42 Å². The van der Waals surface area contributed by atoms with Crippen LogP contribution >= 0.6 is 0 Å². The van der Waals surface area contributed by atoms with Crippen LogP contribution in [0, 0.1) is 11.3 Å². The molecule has 1 saturated heterocycles. The van der Waals surface area contributed by atoms with E-state index in [0.29, 0.717) is 19.5 Å². The highest BCUT2D eigenvalue weighted by Gasteiger charge is 2.50. The fourth-order valence-corrected chi connectivity index (χ4v) is 3.65. The molecule has 2 fully saturated rings. The Labute approximate surface area is 137 Å². The van der Waals surface area contributed by atoms with Crippen LogP contribution in [0.2, 0.25) is 0 Å². The van der Waals surface area contributed by atoms with Crippen molar-refractivity contribution in [1.29, 1.82) is 0 Å². The zero-order chi connectivity index (χ0) is 17.3. The van der Waals surface area contributed by atoms with E-state index < -0.39 is 22.9 Å². The Kier molecular flexibility index (Phi) is 5.01. The van der Waals surface area contributed by atoms with Crippen molar-refractivity contribution in [2.24, 2.45) is 11.3 Å². The molecule has 23 heavy (non-hydrogen) atoms. The number of nitrogens with zero attached hydrogens (tertiary/aromatic N) is 1. The molecule has 0 aromatic carbocycles. The number of ether oxygens (including phenoxy) is 2. The molecule has 0 bridgehead atoms. The van der Waals surface area contributed by atoms with Crippen LogP contribution < -0.4 is 0 Å². The smallest absolute Gasteiger partial charge is 0.410 e. The van der Waals surface area contributed by atoms with E-state index in [1.54, 1.807) is 4.90 Å². The van der Waals surface area contributed by atoms with Gasteiger partial charge >= 0.3 is 12.1 Å². The van der Waals surface area contributed by atoms with Gasteiger partial charge in [0.2, 0.25) is 0 Å². The molecule has 1 heterocycles. The van der Waals surface area contributed by atoms with Crippen LogP contribution in [-0.2, 0) is 19.1 Å². The minimum absolute atomic E-state index is 0.0659. The average Bonchev–Trinajstić information content (AvgIpc) is 2.48. The van der Waals surface area contributed by atoms with E-state index in [9.17, 15) is 14.4 Å². The van der Waals surface area contributed by atoms with Gasteiger partial charge in [0.1, 0.15) is 11.5 Å². The van der Waals surface area contributed by atoms with Crippen molar-refractivity contribution < 1.29 is 23.9 Å². The Morgan fingerprint density at radius 3 is 2.48 bits per heavy atom. The lowest BCUT2D eigenvalue weighted by Crippen LogP contribution is -2.54. The number of carbonyl (C=O) groups is 3. The highest BCUT2D eigenvalue weighted by Crippen LogP contribution is 2.43. The molecule has 1 amide bonds. The lowest BCUT2D eigenvalue weighted by atomic mass is 9.64. The maximum absolute atomic E-state index is 12.9. The summed E-state index contributed by atoms with van der Waals surface area (Å²) in [5.41, 5.74) is -1.18. The molecule has 6 heteroatoms. The lowest BCUT2D eigenvalue weighted by molar-refractivity contribution is -0.156. The van der Waals surface area contributed by atoms with E-state index in [1.165, 1.54) is 7.11 Å². The van der Waals surface area contributed by atoms with Crippen molar-refractivity contribution in [1.82, 2.24) is 4.90 Å². The Hall–Kier alpha value is -1.59. The maximum Gasteiger partial charge on any atom is 0.410 e. The zero-order valence-electron chi connectivity index (χ0n) is 14.5. The fraction of sp³-hybridized carbons (Fsp3) is 0.824. The number of amides is 1. The molecule has 0 N–H and O–H groups in total. The number of hydrogen-bond acceptors (Lipinski definition) is 5. The number of Topliss-reactive ketones (excluding diaryl/α,β-unsaturated/α-hetero) is 1. The Balaban J connectivity index is 2.13. The van der Waals surface area contributed by atoms with Gasteiger partial charge in [0.15, 0.2) is 5.78 Å². The van der Waals surface area contributed by atoms with Gasteiger partial charge in [-0.25, -0.2) is 4.79 Å². The molecule has 2 unspecified atom stereocenters. The first-order chi connectivity index (χ1) is 10.7. The summed E-state index contributed by atoms with van der Waals surface area (Å²) in [4.78, 5) is 38.7. The van der Waals surface area contributed by atoms with Crippen molar-refractivity contribution in [2.75, 3.05) is 20.2 Å². The molecule has 130 valence electrons. The Morgan fingerprint density at radius 2 is 1.87 bits per heavy atom. The van der Waals surface area contributed by atoms with Crippen molar-refractivity contribution >= 4 is 17.8 Å². The van der Waals surface area contributed by atoms with E-state index >= 15 is 0 Å². The number of likely N-dealkylation sites (tertiary alicyclic amines) is 1. The second-order valence-corrected chi connectivity index (χ2v) is 7.62. The average molecular weight is 325 g/mol. The fourth-order valence-electron chi connectivity index (χ4n) is 3.65. The van der Waals surface area contributed by atoms with Crippen molar-refractivity contribution in [2.45, 2.75) is 58.5 Å². The summed E-state index contributed by atoms with van der Waals surface area (Å²) >= 11 is 0. The summed E-state index contributed by atoms with van der Waals surface area (Å²) < 4.78 is 10.2. The summed E-state index contributed by atoms with van der Waals surface area (Å²) in [6, 6.07) is 0. The molecule has 0 aromatic rings. The molecule has 1 aliphatic carbocycles. The van der Waals surface area contributed by atoms with Crippen LogP contribution in [0.1, 0.15) is 52.9 Å². The largest absolute Gasteiger partial charge is 0.468 e. The van der Waals surface area contributed by atoms with Gasteiger partial charge in [-0.3, -0.25) is 9.59 Å². The third-order valence-electron chi connectivity index (χ3n) is 4.70. The molecule has 1 spiro atoms. The van der Waals surface area contributed by atoms with Crippen LogP contribution in [0.4, 0.5) is 4.79 Å². The van der Waals surface area contributed by atoms with Crippen molar-refractivity contribution in [3.8, 4) is 0 Å². The summed E-state index contributed by atoms with van der Waals surface area (Å²) in [5, 5.41) is 0. The third kappa shape index (κ3) is 3.85. The number of hydrogen-bond donors (Lipinski definition) is 0. The summed E-state index contributed by atoms with van der Waals surface area (Å²) in [6.07, 6.45) is 3.15. The van der Waals surface area contributed by atoms with Gasteiger partial charge in [-0.2, -0.15) is 0 Å². The maximum atomic E-state index is 12.9. The highest BCUT2D eigenvalue weighted by molar-refractivity contribution is 6.02. The molecule has 2 rings (SSSR count). The second kappa shape index (κ2) is 6.49. The van der Waals surface area contributed by atoms with Crippen LogP contribution in [0.15, 0.2) is 0 Å². The standard InChI is InChI=1S/C17H27NO5/c1-16(2,3)23-15(21)18-10-6-9-17(11-18)8-5-7-12(13(17)19)14(20)22-4/h12H,5-11H2,1-4H3. The van der Waals surface area contributed by atoms with Crippen molar-refractivity contribution in [3.05, 3.63) is 0 Å². The highest BCUT2D eigenvalue weighted by atomic mass is 16.6. The number of rotatable bonds is 1. The summed E-state index contributed by atoms with van der Waals surface area (Å²) in [6.45, 7) is 6.40. The van der Waals surface area contributed by atoms with Crippen LogP contribution in [-0.4, -0.2) is 48.5 Å². The predicted octanol–water partition coefficient (Wildman–Crippen LogP) is 2.55. The van der Waals surface area contributed by atoms with Crippen LogP contribution in [0.25, 0.3) is 0 Å². The van der Waals surface area contributed by atoms with E-state index in [2.05, 4.69) is 0 Å². The first-order valence-corrected chi connectivity index (χ1v) is 8.29.